The van der Waals surface area contributed by atoms with Crippen LogP contribution in [0, 0.1) is 50.2 Å². The summed E-state index contributed by atoms with van der Waals surface area (Å²) in [6.07, 6.45) is -41.9. The number of rotatable bonds is 15. The molecule has 0 spiro atoms. The summed E-state index contributed by atoms with van der Waals surface area (Å²) in [6.45, 7) is 13.9. The molecule has 0 aromatic carbocycles. The molecule has 95 heavy (non-hydrogen) atoms. The summed E-state index contributed by atoms with van der Waals surface area (Å²) in [7, 11) is 0. The van der Waals surface area contributed by atoms with Gasteiger partial charge in [0.1, 0.15) is 116 Å². The molecular formula is C64H100O31. The van der Waals surface area contributed by atoms with Crippen LogP contribution in [0.25, 0.3) is 0 Å². The number of aldehydes is 1. The predicted molar refractivity (Wildman–Crippen MR) is 314 cm³/mol. The van der Waals surface area contributed by atoms with E-state index in [2.05, 4.69) is 40.7 Å². The number of fused-ring (bicyclic) bond motifs is 7. The van der Waals surface area contributed by atoms with Crippen LogP contribution in [0.2, 0.25) is 0 Å². The molecule has 4 saturated carbocycles. The number of aliphatic hydroxyl groups excluding tert-OH is 15. The quantitative estimate of drug-likeness (QED) is 0.0324. The zero-order chi connectivity index (χ0) is 69.3. The summed E-state index contributed by atoms with van der Waals surface area (Å²) in [5.41, 5.74) is -3.23. The zero-order valence-corrected chi connectivity index (χ0v) is 54.6. The lowest BCUT2D eigenvalue weighted by Gasteiger charge is -2.71. The fourth-order valence-corrected chi connectivity index (χ4v) is 18.7. The first-order chi connectivity index (χ1) is 44.5. The first-order valence-corrected chi connectivity index (χ1v) is 33.4. The molecule has 0 amide bonds. The molecule has 6 heterocycles. The van der Waals surface area contributed by atoms with E-state index in [9.17, 15) is 91.3 Å². The Hall–Kier alpha value is -2.69. The van der Waals surface area contributed by atoms with Gasteiger partial charge in [0.15, 0.2) is 43.7 Å². The molecule has 37 unspecified atom stereocenters. The molecule has 0 aromatic rings. The summed E-state index contributed by atoms with van der Waals surface area (Å²) < 4.78 is 72.1. The number of hydrogen-bond acceptors (Lipinski definition) is 30. The molecule has 16 N–H and O–H groups in total. The topological polar surface area (TPSA) is 486 Å². The highest BCUT2D eigenvalue weighted by atomic mass is 16.8. The molecule has 11 rings (SSSR count). The van der Waals surface area contributed by atoms with Gasteiger partial charge in [0.25, 0.3) is 0 Å². The van der Waals surface area contributed by atoms with Crippen LogP contribution in [0.5, 0.6) is 0 Å². The molecule has 10 fully saturated rings. The van der Waals surface area contributed by atoms with E-state index >= 15 is 4.79 Å². The molecule has 5 aliphatic carbocycles. The Morgan fingerprint density at radius 2 is 1.09 bits per heavy atom. The van der Waals surface area contributed by atoms with E-state index in [0.717, 1.165) is 11.9 Å². The van der Waals surface area contributed by atoms with Crippen LogP contribution in [0.15, 0.2) is 11.6 Å². The first kappa shape index (κ1) is 73.5. The minimum atomic E-state index is -2.19. The summed E-state index contributed by atoms with van der Waals surface area (Å²) in [4.78, 5) is 42.7. The largest absolute Gasteiger partial charge is 0.479 e. The number of ether oxygens (including phenoxy) is 12. The second kappa shape index (κ2) is 27.3. The van der Waals surface area contributed by atoms with Gasteiger partial charge in [-0.3, -0.25) is 4.79 Å². The molecule has 31 heteroatoms. The van der Waals surface area contributed by atoms with E-state index < -0.39 is 243 Å². The lowest BCUT2D eigenvalue weighted by molar-refractivity contribution is -0.391. The Bertz CT molecular complexity index is 2760. The Morgan fingerprint density at radius 1 is 0.537 bits per heavy atom. The summed E-state index contributed by atoms with van der Waals surface area (Å²) in [6, 6.07) is 0. The van der Waals surface area contributed by atoms with Crippen LogP contribution in [0.3, 0.4) is 0 Å². The molecule has 31 nitrogen and oxygen atoms in total. The van der Waals surface area contributed by atoms with Crippen LogP contribution in [-0.4, -0.2) is 298 Å². The highest BCUT2D eigenvalue weighted by Crippen LogP contribution is 2.76. The van der Waals surface area contributed by atoms with Gasteiger partial charge in [0.05, 0.1) is 49.0 Å². The molecule has 37 atom stereocenters. The molecule has 542 valence electrons. The molecule has 6 saturated heterocycles. The molecule has 0 bridgehead atoms. The van der Waals surface area contributed by atoms with Crippen molar-refractivity contribution in [2.24, 2.45) is 50.2 Å². The smallest absolute Gasteiger partial charge is 0.335 e. The Morgan fingerprint density at radius 3 is 1.72 bits per heavy atom. The fourth-order valence-electron chi connectivity index (χ4n) is 18.7. The Labute approximate surface area is 549 Å². The van der Waals surface area contributed by atoms with Gasteiger partial charge in [-0.15, -0.1) is 0 Å². The number of allylic oxidation sites excluding steroid dienone is 2. The number of aliphatic carboxylic acids is 1. The van der Waals surface area contributed by atoms with Gasteiger partial charge in [0, 0.05) is 0 Å². The minimum Gasteiger partial charge on any atom is -0.479 e. The highest BCUT2D eigenvalue weighted by Gasteiger charge is 2.71. The average Bonchev–Trinajstić information content (AvgIpc) is 0.675. The third-order valence-electron chi connectivity index (χ3n) is 24.7. The van der Waals surface area contributed by atoms with Crippen molar-refractivity contribution in [1.82, 2.24) is 0 Å². The third-order valence-corrected chi connectivity index (χ3v) is 24.7. The Kier molecular flexibility index (Phi) is 21.1. The van der Waals surface area contributed by atoms with Crippen LogP contribution in [0.1, 0.15) is 120 Å². The number of carboxylic acids is 1. The first-order valence-electron chi connectivity index (χ1n) is 33.4. The molecule has 11 aliphatic rings. The van der Waals surface area contributed by atoms with Crippen molar-refractivity contribution in [2.75, 3.05) is 19.8 Å². The minimum absolute atomic E-state index is 0.0791. The number of carboxylic acid groups (broad SMARTS) is 1. The van der Waals surface area contributed by atoms with Gasteiger partial charge in [0.2, 0.25) is 6.29 Å². The van der Waals surface area contributed by atoms with E-state index in [-0.39, 0.29) is 23.7 Å². The van der Waals surface area contributed by atoms with Crippen molar-refractivity contribution in [2.45, 2.75) is 298 Å². The van der Waals surface area contributed by atoms with E-state index in [1.807, 2.05) is 0 Å². The molecule has 0 radical (unpaired) electrons. The van der Waals surface area contributed by atoms with Crippen molar-refractivity contribution in [3.8, 4) is 0 Å². The van der Waals surface area contributed by atoms with E-state index in [0.29, 0.717) is 57.8 Å². The summed E-state index contributed by atoms with van der Waals surface area (Å²) >= 11 is 0. The number of hydrogen-bond donors (Lipinski definition) is 16. The number of esters is 1. The van der Waals surface area contributed by atoms with Crippen LogP contribution >= 0.6 is 0 Å². The van der Waals surface area contributed by atoms with Crippen LogP contribution in [-0.2, 0) is 71.2 Å². The number of carbonyl (C=O) groups is 3. The monoisotopic (exact) mass is 1360 g/mol. The summed E-state index contributed by atoms with van der Waals surface area (Å²) in [5.74, 6) is -3.18. The van der Waals surface area contributed by atoms with E-state index in [1.165, 1.54) is 13.8 Å². The maximum absolute atomic E-state index is 15.6. The summed E-state index contributed by atoms with van der Waals surface area (Å²) in [5, 5.41) is 173. The molecular weight excluding hydrogens is 1260 g/mol. The third kappa shape index (κ3) is 12.5. The number of aliphatic hydroxyl groups is 15. The normalized spacial score (nSPS) is 54.7. The van der Waals surface area contributed by atoms with Gasteiger partial charge in [-0.05, 0) is 117 Å². The number of carbonyl (C=O) groups excluding carboxylic acids is 2. The van der Waals surface area contributed by atoms with Crippen LogP contribution in [0.4, 0.5) is 0 Å². The van der Waals surface area contributed by atoms with Gasteiger partial charge in [-0.1, -0.05) is 53.2 Å². The maximum Gasteiger partial charge on any atom is 0.335 e. The van der Waals surface area contributed by atoms with Crippen molar-refractivity contribution in [1.29, 1.82) is 0 Å². The maximum atomic E-state index is 15.6. The van der Waals surface area contributed by atoms with E-state index in [4.69, 9.17) is 56.8 Å². The highest BCUT2D eigenvalue weighted by molar-refractivity contribution is 5.79. The lowest BCUT2D eigenvalue weighted by atomic mass is 9.33. The van der Waals surface area contributed by atoms with Gasteiger partial charge < -0.3 is 143 Å². The van der Waals surface area contributed by atoms with Crippen molar-refractivity contribution >= 4 is 18.2 Å². The van der Waals surface area contributed by atoms with E-state index in [1.54, 1.807) is 6.92 Å². The predicted octanol–water partition coefficient (Wildman–Crippen LogP) is -3.78. The SMILES string of the molecule is CC1OC(OC(=O)C23CCC(C)(C)CC2C2=CCC4C5(C)CCC(OC6OC(C(=O)O)C(O)C(OC7OCC(O)C(O)C7O)C6OC6OC(CO)C(O)C(O)C6O)C(C)(C=O)C5CCC4(C)C2(C)CC3)C(OC2OC(C)C(OC3OCC(O)C(O)C3O)C(O)C2O)C(O)C1O. The second-order valence-corrected chi connectivity index (χ2v) is 30.7. The fraction of sp³-hybridized carbons (Fsp3) is 0.922. The molecule has 6 aliphatic heterocycles. The standard InChI is InChI=1S/C64H100O31/c1-24-34(69)39(74)49(93-54-44(79)40(75)46(25(2)87-54)90-52-41(76)35(70)28(67)21-84-52)56(86-24)95-58(83)64-17-15-59(3,4)19-27(64)26-9-10-32-60(5)13-12-33(61(6,23-66)31(60)11-14-63(32,8)62(26,7)16-18-64)89-57-50(94-55-43(78)38(73)37(72)30(20-65)88-55)47(45(80)48(92-57)51(81)82)91-53-42(77)36(71)29(68)22-85-53/h9,23-25,27-50,52-57,65,67-80H,10-22H2,1-8H3,(H,81,82). The molecule has 0 aromatic heterocycles. The average molecular weight is 1370 g/mol. The van der Waals surface area contributed by atoms with Gasteiger partial charge >= 0.3 is 11.9 Å². The van der Waals surface area contributed by atoms with Crippen molar-refractivity contribution in [3.05, 3.63) is 11.6 Å². The zero-order valence-electron chi connectivity index (χ0n) is 54.6. The second-order valence-electron chi connectivity index (χ2n) is 30.7. The van der Waals surface area contributed by atoms with Gasteiger partial charge in [-0.2, -0.15) is 0 Å². The van der Waals surface area contributed by atoms with Crippen molar-refractivity contribution in [3.63, 3.8) is 0 Å². The Balaban J connectivity index is 0.845. The van der Waals surface area contributed by atoms with Gasteiger partial charge in [-0.25, -0.2) is 4.79 Å². The van der Waals surface area contributed by atoms with Crippen molar-refractivity contribution < 1.29 is 153 Å². The van der Waals surface area contributed by atoms with Crippen LogP contribution < -0.4 is 0 Å². The lowest BCUT2D eigenvalue weighted by Crippen LogP contribution is -2.68.